The molecule has 2 aliphatic heterocycles. The van der Waals surface area contributed by atoms with Crippen LogP contribution < -0.4 is 9.47 Å². The molecular formula is C23H26N2O6. The number of carbonyl (C=O) groups excluding carboxylic acids is 3. The third-order valence-corrected chi connectivity index (χ3v) is 5.84. The van der Waals surface area contributed by atoms with Crippen LogP contribution in [0, 0.1) is 13.8 Å². The van der Waals surface area contributed by atoms with E-state index in [0.717, 1.165) is 18.4 Å². The average molecular weight is 426 g/mol. The van der Waals surface area contributed by atoms with Crippen LogP contribution in [0.15, 0.2) is 18.2 Å². The lowest BCUT2D eigenvalue weighted by atomic mass is 10.0. The normalized spacial score (nSPS) is 17.5. The summed E-state index contributed by atoms with van der Waals surface area (Å²) < 4.78 is 16.5. The van der Waals surface area contributed by atoms with Gasteiger partial charge in [-0.25, -0.2) is 4.79 Å². The van der Waals surface area contributed by atoms with Crippen molar-refractivity contribution in [2.24, 2.45) is 0 Å². The quantitative estimate of drug-likeness (QED) is 0.583. The van der Waals surface area contributed by atoms with Crippen LogP contribution in [0.3, 0.4) is 0 Å². The molecule has 8 heteroatoms. The van der Waals surface area contributed by atoms with E-state index in [4.69, 9.17) is 14.2 Å². The number of carbonyl (C=O) groups is 3. The number of rotatable bonds is 5. The highest BCUT2D eigenvalue weighted by molar-refractivity contribution is 6.01. The second-order valence-electron chi connectivity index (χ2n) is 7.91. The van der Waals surface area contributed by atoms with Gasteiger partial charge in [-0.15, -0.1) is 0 Å². The summed E-state index contributed by atoms with van der Waals surface area (Å²) in [6.07, 6.45) is 1.70. The Balaban J connectivity index is 1.43. The number of hydrogen-bond acceptors (Lipinski definition) is 6. The Kier molecular flexibility index (Phi) is 5.71. The molecule has 1 saturated heterocycles. The van der Waals surface area contributed by atoms with Crippen molar-refractivity contribution < 1.29 is 28.6 Å². The largest absolute Gasteiger partial charge is 0.486 e. The molecule has 0 radical (unpaired) electrons. The van der Waals surface area contributed by atoms with Gasteiger partial charge in [-0.1, -0.05) is 6.07 Å². The third-order valence-electron chi connectivity index (χ3n) is 5.84. The van der Waals surface area contributed by atoms with Crippen molar-refractivity contribution >= 4 is 17.7 Å². The number of esters is 1. The molecule has 0 saturated carbocycles. The lowest BCUT2D eigenvalue weighted by Gasteiger charge is -2.26. The van der Waals surface area contributed by atoms with Gasteiger partial charge in [0.1, 0.15) is 18.9 Å². The highest BCUT2D eigenvalue weighted by Gasteiger charge is 2.32. The Morgan fingerprint density at radius 3 is 2.61 bits per heavy atom. The molecule has 31 heavy (non-hydrogen) atoms. The Morgan fingerprint density at radius 1 is 1.16 bits per heavy atom. The number of benzene rings is 1. The van der Waals surface area contributed by atoms with E-state index in [1.165, 1.54) is 6.92 Å². The molecule has 0 spiro atoms. The zero-order valence-electron chi connectivity index (χ0n) is 17.9. The summed E-state index contributed by atoms with van der Waals surface area (Å²) in [6, 6.07) is 5.64. The Bertz CT molecular complexity index is 1040. The summed E-state index contributed by atoms with van der Waals surface area (Å²) >= 11 is 0. The van der Waals surface area contributed by atoms with Crippen molar-refractivity contribution in [1.29, 1.82) is 0 Å². The molecule has 3 heterocycles. The maximum atomic E-state index is 12.8. The molecule has 0 bridgehead atoms. The zero-order chi connectivity index (χ0) is 22.1. The molecular weight excluding hydrogens is 400 g/mol. The summed E-state index contributed by atoms with van der Waals surface area (Å²) in [7, 11) is 0. The van der Waals surface area contributed by atoms with Crippen LogP contribution in [0.2, 0.25) is 0 Å². The highest BCUT2D eigenvalue weighted by Crippen LogP contribution is 2.38. The molecule has 164 valence electrons. The molecule has 1 aromatic carbocycles. The van der Waals surface area contributed by atoms with Gasteiger partial charge in [0.05, 0.1) is 6.04 Å². The summed E-state index contributed by atoms with van der Waals surface area (Å²) in [6.45, 7) is 6.15. The van der Waals surface area contributed by atoms with Gasteiger partial charge in [-0.2, -0.15) is 0 Å². The summed E-state index contributed by atoms with van der Waals surface area (Å²) in [5.74, 6) is 0.380. The molecule has 1 amide bonds. The number of ether oxygens (including phenoxy) is 3. The highest BCUT2D eigenvalue weighted by atomic mass is 16.6. The number of fused-ring (bicyclic) bond motifs is 1. The number of aromatic amines is 1. The summed E-state index contributed by atoms with van der Waals surface area (Å²) in [4.78, 5) is 41.8. The Labute approximate surface area is 180 Å². The minimum atomic E-state index is -0.642. The van der Waals surface area contributed by atoms with Gasteiger partial charge in [-0.3, -0.25) is 9.59 Å². The van der Waals surface area contributed by atoms with Gasteiger partial charge in [0.15, 0.2) is 23.9 Å². The van der Waals surface area contributed by atoms with Crippen molar-refractivity contribution in [2.45, 2.75) is 39.7 Å². The summed E-state index contributed by atoms with van der Waals surface area (Å²) in [5, 5.41) is 0. The first-order valence-corrected chi connectivity index (χ1v) is 10.4. The van der Waals surface area contributed by atoms with E-state index < -0.39 is 5.97 Å². The molecule has 1 unspecified atom stereocenters. The number of Topliss-reactive ketones (excluding diaryl/α,β-unsaturated/α-hetero) is 1. The van der Waals surface area contributed by atoms with Crippen molar-refractivity contribution in [3.8, 4) is 11.5 Å². The van der Waals surface area contributed by atoms with E-state index in [9.17, 15) is 14.4 Å². The minimum absolute atomic E-state index is 0.0965. The Morgan fingerprint density at radius 2 is 1.90 bits per heavy atom. The molecule has 1 N–H and O–H groups in total. The van der Waals surface area contributed by atoms with E-state index in [2.05, 4.69) is 4.98 Å². The predicted molar refractivity (Wildman–Crippen MR) is 112 cm³/mol. The van der Waals surface area contributed by atoms with Crippen LogP contribution >= 0.6 is 0 Å². The molecule has 2 aliphatic rings. The van der Waals surface area contributed by atoms with E-state index in [-0.39, 0.29) is 30.0 Å². The van der Waals surface area contributed by atoms with Gasteiger partial charge in [-0.05, 0) is 56.9 Å². The van der Waals surface area contributed by atoms with E-state index >= 15 is 0 Å². The van der Waals surface area contributed by atoms with Crippen LogP contribution in [-0.4, -0.2) is 53.9 Å². The van der Waals surface area contributed by atoms with Crippen LogP contribution in [-0.2, 0) is 9.53 Å². The number of ketones is 1. The van der Waals surface area contributed by atoms with Crippen molar-refractivity contribution in [3.63, 3.8) is 0 Å². The van der Waals surface area contributed by atoms with Gasteiger partial charge in [0.2, 0.25) is 0 Å². The van der Waals surface area contributed by atoms with Gasteiger partial charge in [0.25, 0.3) is 5.91 Å². The van der Waals surface area contributed by atoms with Crippen molar-refractivity contribution in [3.05, 3.63) is 46.3 Å². The van der Waals surface area contributed by atoms with Crippen molar-refractivity contribution in [2.75, 3.05) is 26.4 Å². The maximum absolute atomic E-state index is 12.8. The lowest BCUT2D eigenvalue weighted by molar-refractivity contribution is -0.135. The Hall–Kier alpha value is -3.29. The molecule has 8 nitrogen and oxygen atoms in total. The third kappa shape index (κ3) is 4.02. The number of nitrogens with one attached hydrogen (secondary N) is 1. The maximum Gasteiger partial charge on any atom is 0.355 e. The molecule has 1 fully saturated rings. The number of aryl methyl sites for hydroxylation is 1. The van der Waals surface area contributed by atoms with Gasteiger partial charge in [0, 0.05) is 17.8 Å². The second-order valence-corrected chi connectivity index (χ2v) is 7.91. The zero-order valence-corrected chi connectivity index (χ0v) is 17.9. The number of aromatic nitrogens is 1. The van der Waals surface area contributed by atoms with Crippen LogP contribution in [0.5, 0.6) is 11.5 Å². The molecule has 1 atom stereocenters. The predicted octanol–water partition coefficient (Wildman–Crippen LogP) is 3.13. The first-order chi connectivity index (χ1) is 14.9. The molecule has 4 rings (SSSR count). The smallest absolute Gasteiger partial charge is 0.355 e. The van der Waals surface area contributed by atoms with Gasteiger partial charge < -0.3 is 24.1 Å². The number of H-pyrrole nitrogens is 1. The second kappa shape index (κ2) is 8.45. The fraction of sp³-hybridized carbons (Fsp3) is 0.435. The number of amides is 1. The number of likely N-dealkylation sites (tertiary alicyclic amines) is 1. The standard InChI is InChI=1S/C23H26N2O6/c1-13-21(15(3)26)14(2)24-22(13)23(28)31-12-20(27)25-8-4-5-17(25)16-6-7-18-19(11-16)30-10-9-29-18/h6-7,11,17,24H,4-5,8-10,12H2,1-3H3. The average Bonchev–Trinajstić information content (AvgIpc) is 3.36. The molecule has 0 aliphatic carbocycles. The minimum Gasteiger partial charge on any atom is -0.486 e. The number of nitrogens with zero attached hydrogens (tertiary/aromatic N) is 1. The monoisotopic (exact) mass is 426 g/mol. The molecule has 1 aromatic heterocycles. The van der Waals surface area contributed by atoms with Crippen molar-refractivity contribution in [1.82, 2.24) is 9.88 Å². The van der Waals surface area contributed by atoms with E-state index in [1.54, 1.807) is 18.7 Å². The van der Waals surface area contributed by atoms with Crippen LogP contribution in [0.25, 0.3) is 0 Å². The topological polar surface area (TPSA) is 97.9 Å². The SMILES string of the molecule is CC(=O)c1c(C)[nH]c(C(=O)OCC(=O)N2CCCC2c2ccc3c(c2)OCCO3)c1C. The fourth-order valence-electron chi connectivity index (χ4n) is 4.44. The van der Waals surface area contributed by atoms with Crippen LogP contribution in [0.1, 0.15) is 63.5 Å². The lowest BCUT2D eigenvalue weighted by Crippen LogP contribution is -2.34. The van der Waals surface area contributed by atoms with Gasteiger partial charge >= 0.3 is 5.97 Å². The van der Waals surface area contributed by atoms with Crippen LogP contribution in [0.4, 0.5) is 0 Å². The molecule has 2 aromatic rings. The van der Waals surface area contributed by atoms with E-state index in [1.807, 2.05) is 18.2 Å². The summed E-state index contributed by atoms with van der Waals surface area (Å²) in [5.41, 5.74) is 2.82. The first kappa shape index (κ1) is 21.0. The first-order valence-electron chi connectivity index (χ1n) is 10.4. The number of hydrogen-bond donors (Lipinski definition) is 1. The van der Waals surface area contributed by atoms with E-state index in [0.29, 0.717) is 48.1 Å². The fourth-order valence-corrected chi connectivity index (χ4v) is 4.44.